The van der Waals surface area contributed by atoms with E-state index in [1.54, 1.807) is 49.6 Å². The van der Waals surface area contributed by atoms with Crippen LogP contribution in [0.5, 0.6) is 0 Å². The van der Waals surface area contributed by atoms with E-state index >= 15 is 0 Å². The molecular weight excluding hydrogens is 256 g/mol. The normalized spacial score (nSPS) is 9.85. The zero-order valence-corrected chi connectivity index (χ0v) is 11.0. The van der Waals surface area contributed by atoms with Crippen LogP contribution in [0.3, 0.4) is 0 Å². The van der Waals surface area contributed by atoms with E-state index < -0.39 is 0 Å². The first kappa shape index (κ1) is 13.7. The molecule has 1 aromatic heterocycles. The van der Waals surface area contributed by atoms with Gasteiger partial charge in [0.2, 0.25) is 11.9 Å². The first-order chi connectivity index (χ1) is 9.69. The molecule has 0 aliphatic carbocycles. The number of nitrogens with zero attached hydrogens (tertiary/aromatic N) is 2. The van der Waals surface area contributed by atoms with Crippen molar-refractivity contribution in [3.05, 3.63) is 48.3 Å². The Morgan fingerprint density at radius 3 is 2.30 bits per heavy atom. The second-order valence-electron chi connectivity index (χ2n) is 4.01. The highest BCUT2D eigenvalue weighted by Crippen LogP contribution is 2.11. The Bertz CT molecular complexity index is 596. The number of nitrogens with one attached hydrogen (secondary N) is 2. The smallest absolute Gasteiger partial charge is 0.258 e. The second kappa shape index (κ2) is 6.42. The minimum absolute atomic E-state index is 0.0695. The molecule has 2 rings (SSSR count). The van der Waals surface area contributed by atoms with Crippen LogP contribution in [0.15, 0.2) is 42.7 Å². The number of rotatable bonds is 4. The number of aromatic nitrogens is 2. The number of hydrogen-bond acceptors (Lipinski definition) is 4. The molecule has 0 atom stereocenters. The van der Waals surface area contributed by atoms with Gasteiger partial charge >= 0.3 is 0 Å². The minimum Gasteiger partial charge on any atom is -0.326 e. The molecule has 2 N–H and O–H groups in total. The number of hydrogen-bond donors (Lipinski definition) is 2. The summed E-state index contributed by atoms with van der Waals surface area (Å²) in [6.45, 7) is 1.77. The number of carbonyl (C=O) groups excluding carboxylic acids is 2. The Labute approximate surface area is 116 Å². The van der Waals surface area contributed by atoms with Crippen LogP contribution < -0.4 is 10.6 Å². The molecule has 0 radical (unpaired) electrons. The van der Waals surface area contributed by atoms with E-state index in [2.05, 4.69) is 20.6 Å². The van der Waals surface area contributed by atoms with Crippen molar-refractivity contribution in [2.75, 3.05) is 10.6 Å². The minimum atomic E-state index is -0.301. The molecule has 1 aromatic carbocycles. The molecule has 0 saturated heterocycles. The highest BCUT2D eigenvalue weighted by molar-refractivity contribution is 6.03. The van der Waals surface area contributed by atoms with Crippen molar-refractivity contribution in [3.8, 4) is 0 Å². The molecule has 102 valence electrons. The number of anilines is 2. The molecule has 0 aliphatic heterocycles. The van der Waals surface area contributed by atoms with E-state index in [9.17, 15) is 9.59 Å². The summed E-state index contributed by atoms with van der Waals surface area (Å²) in [6.07, 6.45) is 3.51. The first-order valence-electron chi connectivity index (χ1n) is 6.17. The van der Waals surface area contributed by atoms with Gasteiger partial charge in [0, 0.05) is 30.1 Å². The predicted molar refractivity (Wildman–Crippen MR) is 75.3 cm³/mol. The van der Waals surface area contributed by atoms with Crippen molar-refractivity contribution >= 4 is 23.5 Å². The molecule has 0 bridgehead atoms. The van der Waals surface area contributed by atoms with Crippen LogP contribution in [-0.4, -0.2) is 21.8 Å². The van der Waals surface area contributed by atoms with Gasteiger partial charge in [-0.2, -0.15) is 0 Å². The number of carbonyl (C=O) groups is 2. The van der Waals surface area contributed by atoms with E-state index in [1.807, 2.05) is 0 Å². The monoisotopic (exact) mass is 270 g/mol. The molecule has 6 heteroatoms. The highest BCUT2D eigenvalue weighted by atomic mass is 16.2. The molecular formula is C14H14N4O2. The third-order valence-corrected chi connectivity index (χ3v) is 2.54. The Hall–Kier alpha value is -2.76. The maximum Gasteiger partial charge on any atom is 0.258 e. The van der Waals surface area contributed by atoms with Crippen LogP contribution in [0.2, 0.25) is 0 Å². The third kappa shape index (κ3) is 3.61. The van der Waals surface area contributed by atoms with E-state index in [4.69, 9.17) is 0 Å². The van der Waals surface area contributed by atoms with Crippen molar-refractivity contribution in [1.82, 2.24) is 9.97 Å². The fraction of sp³-hybridized carbons (Fsp3) is 0.143. The Kier molecular flexibility index (Phi) is 4.39. The summed E-state index contributed by atoms with van der Waals surface area (Å²) in [7, 11) is 0. The summed E-state index contributed by atoms with van der Waals surface area (Å²) in [5, 5.41) is 5.29. The van der Waals surface area contributed by atoms with E-state index in [1.165, 1.54) is 0 Å². The average molecular weight is 270 g/mol. The van der Waals surface area contributed by atoms with Crippen LogP contribution >= 0.6 is 0 Å². The molecule has 20 heavy (non-hydrogen) atoms. The molecule has 2 aromatic rings. The lowest BCUT2D eigenvalue weighted by atomic mass is 10.2. The summed E-state index contributed by atoms with van der Waals surface area (Å²) < 4.78 is 0. The number of benzene rings is 1. The third-order valence-electron chi connectivity index (χ3n) is 2.54. The lowest BCUT2D eigenvalue weighted by Gasteiger charge is -2.05. The lowest BCUT2D eigenvalue weighted by molar-refractivity contribution is -0.115. The topological polar surface area (TPSA) is 84.0 Å². The van der Waals surface area contributed by atoms with Gasteiger partial charge in [0.1, 0.15) is 0 Å². The quantitative estimate of drug-likeness (QED) is 0.890. The summed E-state index contributed by atoms with van der Waals surface area (Å²) in [5.74, 6) is -0.120. The first-order valence-corrected chi connectivity index (χ1v) is 6.17. The van der Waals surface area contributed by atoms with Crippen LogP contribution in [-0.2, 0) is 4.79 Å². The molecule has 0 spiro atoms. The van der Waals surface area contributed by atoms with Gasteiger partial charge in [0.25, 0.3) is 5.91 Å². The van der Waals surface area contributed by atoms with Crippen molar-refractivity contribution in [3.63, 3.8) is 0 Å². The fourth-order valence-corrected chi connectivity index (χ4v) is 1.49. The predicted octanol–water partition coefficient (Wildman–Crippen LogP) is 2.08. The van der Waals surface area contributed by atoms with Crippen molar-refractivity contribution in [1.29, 1.82) is 0 Å². The second-order valence-corrected chi connectivity index (χ2v) is 4.01. The molecule has 0 fully saturated rings. The van der Waals surface area contributed by atoms with Gasteiger partial charge in [0.05, 0.1) is 0 Å². The Morgan fingerprint density at radius 2 is 1.70 bits per heavy atom. The standard InChI is InChI=1S/C14H14N4O2/c1-2-12(19)17-11-6-4-10(5-7-11)13(20)18-14-15-8-3-9-16-14/h3-9H,2H2,1H3,(H,17,19)(H,15,16,18,20). The van der Waals surface area contributed by atoms with Gasteiger partial charge in [-0.15, -0.1) is 0 Å². The van der Waals surface area contributed by atoms with Crippen LogP contribution in [0, 0.1) is 0 Å². The maximum absolute atomic E-state index is 11.9. The largest absolute Gasteiger partial charge is 0.326 e. The molecule has 0 saturated carbocycles. The Morgan fingerprint density at radius 1 is 1.05 bits per heavy atom. The zero-order valence-electron chi connectivity index (χ0n) is 11.0. The van der Waals surface area contributed by atoms with Gasteiger partial charge in [-0.1, -0.05) is 6.92 Å². The summed E-state index contributed by atoms with van der Waals surface area (Å²) in [6, 6.07) is 8.27. The maximum atomic E-state index is 11.9. The molecule has 0 unspecified atom stereocenters. The van der Waals surface area contributed by atoms with Crippen LogP contribution in [0.4, 0.5) is 11.6 Å². The Balaban J connectivity index is 2.02. The van der Waals surface area contributed by atoms with E-state index in [0.717, 1.165) is 0 Å². The number of amides is 2. The van der Waals surface area contributed by atoms with Gasteiger partial charge < -0.3 is 5.32 Å². The van der Waals surface area contributed by atoms with Crippen LogP contribution in [0.25, 0.3) is 0 Å². The molecule has 0 aliphatic rings. The average Bonchev–Trinajstić information content (AvgIpc) is 2.49. The molecule has 2 amide bonds. The van der Waals surface area contributed by atoms with Crippen molar-refractivity contribution in [2.45, 2.75) is 13.3 Å². The highest BCUT2D eigenvalue weighted by Gasteiger charge is 2.07. The van der Waals surface area contributed by atoms with Gasteiger partial charge in [-0.25, -0.2) is 9.97 Å². The lowest BCUT2D eigenvalue weighted by Crippen LogP contribution is -2.14. The molecule has 1 heterocycles. The van der Waals surface area contributed by atoms with Gasteiger partial charge in [-0.05, 0) is 30.3 Å². The zero-order chi connectivity index (χ0) is 14.4. The van der Waals surface area contributed by atoms with Crippen molar-refractivity contribution in [2.24, 2.45) is 0 Å². The fourth-order valence-electron chi connectivity index (χ4n) is 1.49. The summed E-state index contributed by atoms with van der Waals surface area (Å²) in [5.41, 5.74) is 1.12. The van der Waals surface area contributed by atoms with E-state index in [-0.39, 0.29) is 17.8 Å². The molecule has 6 nitrogen and oxygen atoms in total. The summed E-state index contributed by atoms with van der Waals surface area (Å²) >= 11 is 0. The summed E-state index contributed by atoms with van der Waals surface area (Å²) in [4.78, 5) is 31.0. The van der Waals surface area contributed by atoms with Gasteiger partial charge in [0.15, 0.2) is 0 Å². The van der Waals surface area contributed by atoms with Crippen molar-refractivity contribution < 1.29 is 9.59 Å². The van der Waals surface area contributed by atoms with Crippen LogP contribution in [0.1, 0.15) is 23.7 Å². The SMILES string of the molecule is CCC(=O)Nc1ccc(C(=O)Nc2ncccn2)cc1. The van der Waals surface area contributed by atoms with Gasteiger partial charge in [-0.3, -0.25) is 14.9 Å². The van der Waals surface area contributed by atoms with E-state index in [0.29, 0.717) is 17.7 Å².